The molecule has 1 amide bonds. The number of nitrogens with zero attached hydrogens (tertiary/aromatic N) is 2. The number of aryl methyl sites for hydroxylation is 1. The summed E-state index contributed by atoms with van der Waals surface area (Å²) in [7, 11) is 0. The predicted molar refractivity (Wildman–Crippen MR) is 79.4 cm³/mol. The van der Waals surface area contributed by atoms with Gasteiger partial charge >= 0.3 is 0 Å². The van der Waals surface area contributed by atoms with Crippen molar-refractivity contribution in [2.75, 3.05) is 5.32 Å². The van der Waals surface area contributed by atoms with Crippen molar-refractivity contribution < 1.29 is 4.79 Å². The van der Waals surface area contributed by atoms with E-state index in [1.165, 1.54) is 0 Å². The van der Waals surface area contributed by atoms with Gasteiger partial charge in [-0.15, -0.1) is 0 Å². The minimum absolute atomic E-state index is 0.123. The third kappa shape index (κ3) is 3.04. The lowest BCUT2D eigenvalue weighted by Crippen LogP contribution is -2.18. The Morgan fingerprint density at radius 1 is 1.47 bits per heavy atom. The second kappa shape index (κ2) is 5.57. The number of hydrogen-bond acceptors (Lipinski definition) is 2. The number of anilines is 1. The van der Waals surface area contributed by atoms with Crippen LogP contribution in [0.2, 0.25) is 0 Å². The molecule has 2 rings (SSSR count). The molecular formula is C14H16BrN3O. The van der Waals surface area contributed by atoms with Gasteiger partial charge in [-0.3, -0.25) is 4.79 Å². The van der Waals surface area contributed by atoms with Crippen molar-refractivity contribution in [1.82, 2.24) is 9.55 Å². The van der Waals surface area contributed by atoms with Crippen LogP contribution in [0, 0.1) is 6.92 Å². The van der Waals surface area contributed by atoms with Crippen LogP contribution in [0.3, 0.4) is 0 Å². The summed E-state index contributed by atoms with van der Waals surface area (Å²) >= 11 is 3.34. The van der Waals surface area contributed by atoms with Gasteiger partial charge in [-0.25, -0.2) is 4.98 Å². The van der Waals surface area contributed by atoms with Crippen molar-refractivity contribution >= 4 is 27.5 Å². The highest BCUT2D eigenvalue weighted by Gasteiger charge is 2.13. The van der Waals surface area contributed by atoms with Gasteiger partial charge in [-0.05, 0) is 60.5 Å². The summed E-state index contributed by atoms with van der Waals surface area (Å²) < 4.78 is 2.73. The molecule has 0 fully saturated rings. The number of halogens is 1. The average Bonchev–Trinajstić information content (AvgIpc) is 2.83. The third-order valence-corrected chi connectivity index (χ3v) is 3.67. The van der Waals surface area contributed by atoms with Crippen LogP contribution in [0.15, 0.2) is 35.2 Å². The molecule has 2 heterocycles. The Morgan fingerprint density at radius 3 is 2.84 bits per heavy atom. The van der Waals surface area contributed by atoms with E-state index in [-0.39, 0.29) is 11.9 Å². The van der Waals surface area contributed by atoms with E-state index in [0.717, 1.165) is 10.2 Å². The average molecular weight is 322 g/mol. The molecule has 0 saturated carbocycles. The fourth-order valence-corrected chi connectivity index (χ4v) is 2.07. The molecule has 100 valence electrons. The van der Waals surface area contributed by atoms with E-state index in [0.29, 0.717) is 11.4 Å². The molecule has 0 saturated heterocycles. The first-order valence-electron chi connectivity index (χ1n) is 6.09. The Labute approximate surface area is 121 Å². The highest BCUT2D eigenvalue weighted by molar-refractivity contribution is 9.10. The minimum atomic E-state index is -0.123. The number of carbonyl (C=O) groups is 1. The summed E-state index contributed by atoms with van der Waals surface area (Å²) in [6.45, 7) is 6.02. The number of nitrogens with one attached hydrogen (secondary N) is 1. The van der Waals surface area contributed by atoms with Crippen LogP contribution in [0.25, 0.3) is 0 Å². The molecule has 0 bridgehead atoms. The van der Waals surface area contributed by atoms with Gasteiger partial charge in [0.1, 0.15) is 10.3 Å². The molecule has 4 nitrogen and oxygen atoms in total. The second-order valence-electron chi connectivity index (χ2n) is 4.68. The van der Waals surface area contributed by atoms with Crippen molar-refractivity contribution in [3.63, 3.8) is 0 Å². The number of hydrogen-bond donors (Lipinski definition) is 1. The van der Waals surface area contributed by atoms with E-state index < -0.39 is 0 Å². The van der Waals surface area contributed by atoms with Gasteiger partial charge in [-0.2, -0.15) is 0 Å². The summed E-state index contributed by atoms with van der Waals surface area (Å²) in [6.07, 6.45) is 3.54. The predicted octanol–water partition coefficient (Wildman–Crippen LogP) is 3.79. The normalized spacial score (nSPS) is 10.8. The van der Waals surface area contributed by atoms with E-state index >= 15 is 0 Å². The van der Waals surface area contributed by atoms with Crippen molar-refractivity contribution in [3.05, 3.63) is 46.5 Å². The zero-order valence-corrected chi connectivity index (χ0v) is 12.7. The smallest absolute Gasteiger partial charge is 0.272 e. The van der Waals surface area contributed by atoms with E-state index in [9.17, 15) is 4.79 Å². The minimum Gasteiger partial charge on any atom is -0.341 e. The van der Waals surface area contributed by atoms with Crippen LogP contribution >= 0.6 is 15.9 Å². The largest absolute Gasteiger partial charge is 0.341 e. The topological polar surface area (TPSA) is 46.9 Å². The molecule has 0 aliphatic rings. The second-order valence-corrected chi connectivity index (χ2v) is 5.43. The fraction of sp³-hybridized carbons (Fsp3) is 0.286. The summed E-state index contributed by atoms with van der Waals surface area (Å²) in [5, 5.41) is 2.86. The number of amides is 1. The number of rotatable bonds is 3. The molecule has 5 heteroatoms. The van der Waals surface area contributed by atoms with E-state index in [1.54, 1.807) is 6.20 Å². The molecule has 0 spiro atoms. The molecule has 2 aromatic heterocycles. The van der Waals surface area contributed by atoms with E-state index in [2.05, 4.69) is 26.2 Å². The summed E-state index contributed by atoms with van der Waals surface area (Å²) in [4.78, 5) is 16.4. The zero-order valence-electron chi connectivity index (χ0n) is 11.1. The first-order chi connectivity index (χ1) is 8.99. The SMILES string of the molecule is Cc1cc(NC(=O)c2cccn2C(C)C)cnc1Br. The molecule has 2 aromatic rings. The third-order valence-electron chi connectivity index (χ3n) is 2.84. The van der Waals surface area contributed by atoms with Gasteiger partial charge in [0.15, 0.2) is 0 Å². The van der Waals surface area contributed by atoms with Gasteiger partial charge in [0, 0.05) is 12.2 Å². The quantitative estimate of drug-likeness (QED) is 0.874. The van der Waals surface area contributed by atoms with Crippen molar-refractivity contribution in [2.24, 2.45) is 0 Å². The lowest BCUT2D eigenvalue weighted by molar-refractivity contribution is 0.101. The standard InChI is InChI=1S/C14H16BrN3O/c1-9(2)18-6-4-5-12(18)14(19)17-11-7-10(3)13(15)16-8-11/h4-9H,1-3H3,(H,17,19). The molecule has 0 radical (unpaired) electrons. The molecular weight excluding hydrogens is 306 g/mol. The van der Waals surface area contributed by atoms with Crippen molar-refractivity contribution in [3.8, 4) is 0 Å². The number of carbonyl (C=O) groups excluding carboxylic acids is 1. The summed E-state index contributed by atoms with van der Waals surface area (Å²) in [6, 6.07) is 5.83. The number of aromatic nitrogens is 2. The van der Waals surface area contributed by atoms with Gasteiger partial charge < -0.3 is 9.88 Å². The highest BCUT2D eigenvalue weighted by atomic mass is 79.9. The van der Waals surface area contributed by atoms with Crippen molar-refractivity contribution in [2.45, 2.75) is 26.8 Å². The molecule has 0 unspecified atom stereocenters. The highest BCUT2D eigenvalue weighted by Crippen LogP contribution is 2.18. The Morgan fingerprint density at radius 2 is 2.21 bits per heavy atom. The Hall–Kier alpha value is -1.62. The first kappa shape index (κ1) is 13.8. The molecule has 19 heavy (non-hydrogen) atoms. The van der Waals surface area contributed by atoms with Crippen LogP contribution in [0.1, 0.15) is 35.9 Å². The van der Waals surface area contributed by atoms with Gasteiger partial charge in [0.05, 0.1) is 11.9 Å². The van der Waals surface area contributed by atoms with E-state index in [4.69, 9.17) is 0 Å². The van der Waals surface area contributed by atoms with Gasteiger partial charge in [0.25, 0.3) is 5.91 Å². The molecule has 0 aromatic carbocycles. The lowest BCUT2D eigenvalue weighted by atomic mass is 10.3. The fourth-order valence-electron chi connectivity index (χ4n) is 1.86. The van der Waals surface area contributed by atoms with Crippen LogP contribution in [-0.4, -0.2) is 15.5 Å². The van der Waals surface area contributed by atoms with Gasteiger partial charge in [0.2, 0.25) is 0 Å². The van der Waals surface area contributed by atoms with Crippen LogP contribution in [0.5, 0.6) is 0 Å². The molecule has 1 N–H and O–H groups in total. The van der Waals surface area contributed by atoms with Gasteiger partial charge in [-0.1, -0.05) is 0 Å². The number of pyridine rings is 1. The monoisotopic (exact) mass is 321 g/mol. The Balaban J connectivity index is 2.21. The lowest BCUT2D eigenvalue weighted by Gasteiger charge is -2.13. The maximum Gasteiger partial charge on any atom is 0.272 e. The van der Waals surface area contributed by atoms with Crippen molar-refractivity contribution in [1.29, 1.82) is 0 Å². The maximum atomic E-state index is 12.2. The maximum absolute atomic E-state index is 12.2. The van der Waals surface area contributed by atoms with Crippen LogP contribution in [0.4, 0.5) is 5.69 Å². The molecule has 0 aliphatic carbocycles. The van der Waals surface area contributed by atoms with Crippen LogP contribution < -0.4 is 5.32 Å². The Bertz CT molecular complexity index is 604. The zero-order chi connectivity index (χ0) is 14.0. The first-order valence-corrected chi connectivity index (χ1v) is 6.88. The van der Waals surface area contributed by atoms with E-state index in [1.807, 2.05) is 49.7 Å². The van der Waals surface area contributed by atoms with Crippen LogP contribution in [-0.2, 0) is 0 Å². The molecule has 0 aliphatic heterocycles. The summed E-state index contributed by atoms with van der Waals surface area (Å²) in [5.74, 6) is -0.123. The summed E-state index contributed by atoms with van der Waals surface area (Å²) in [5.41, 5.74) is 2.33. The Kier molecular flexibility index (Phi) is 4.04. The molecule has 0 atom stereocenters.